The van der Waals surface area contributed by atoms with Crippen LogP contribution in [0.15, 0.2) is 29.3 Å². The van der Waals surface area contributed by atoms with Gasteiger partial charge in [0.1, 0.15) is 0 Å². The third kappa shape index (κ3) is 2.89. The summed E-state index contributed by atoms with van der Waals surface area (Å²) in [7, 11) is 0. The first kappa shape index (κ1) is 11.3. The molecule has 1 rings (SSSR count). The molecule has 0 saturated carbocycles. The van der Waals surface area contributed by atoms with Crippen molar-refractivity contribution in [3.63, 3.8) is 0 Å². The van der Waals surface area contributed by atoms with E-state index in [4.69, 9.17) is 23.2 Å². The molecule has 14 heavy (non-hydrogen) atoms. The van der Waals surface area contributed by atoms with Crippen LogP contribution in [0, 0.1) is 0 Å². The Hall–Kier alpha value is -0.740. The lowest BCUT2D eigenvalue weighted by atomic mass is 10.3. The van der Waals surface area contributed by atoms with Gasteiger partial charge in [0.25, 0.3) is 0 Å². The smallest absolute Gasteiger partial charge is 0.231 e. The Morgan fingerprint density at radius 3 is 2.29 bits per heavy atom. The van der Waals surface area contributed by atoms with Crippen LogP contribution >= 0.6 is 23.2 Å². The average Bonchev–Trinajstić information content (AvgIpc) is 2.07. The second-order valence-corrected chi connectivity index (χ2v) is 3.12. The zero-order chi connectivity index (χ0) is 10.8. The molecule has 0 aromatic heterocycles. The van der Waals surface area contributed by atoms with Gasteiger partial charge >= 0.3 is 6.18 Å². The van der Waals surface area contributed by atoms with Crippen LogP contribution in [0.3, 0.4) is 0 Å². The molecule has 1 nitrogen and oxygen atoms in total. The molecular weight excluding hydrogens is 238 g/mol. The van der Waals surface area contributed by atoms with Crippen LogP contribution in [0.4, 0.5) is 18.9 Å². The maximum atomic E-state index is 12.0. The number of benzene rings is 1. The van der Waals surface area contributed by atoms with E-state index in [1.807, 2.05) is 0 Å². The Kier molecular flexibility index (Phi) is 3.39. The summed E-state index contributed by atoms with van der Waals surface area (Å²) in [5.41, 5.74) is -0.00325. The fraction of sp³-hybridized carbons (Fsp3) is 0.125. The zero-order valence-corrected chi connectivity index (χ0v) is 8.16. The molecule has 1 aromatic rings. The van der Waals surface area contributed by atoms with Crippen LogP contribution in [0.25, 0.3) is 0 Å². The maximum Gasteiger partial charge on any atom is 0.444 e. The van der Waals surface area contributed by atoms with Crippen molar-refractivity contribution in [3.8, 4) is 0 Å². The van der Waals surface area contributed by atoms with Crippen molar-refractivity contribution in [2.45, 2.75) is 6.18 Å². The van der Waals surface area contributed by atoms with Crippen LogP contribution in [-0.4, -0.2) is 11.3 Å². The van der Waals surface area contributed by atoms with E-state index in [0.717, 1.165) is 0 Å². The number of nitrogens with zero attached hydrogens (tertiary/aromatic N) is 1. The topological polar surface area (TPSA) is 12.4 Å². The number of hydrogen-bond acceptors (Lipinski definition) is 1. The van der Waals surface area contributed by atoms with E-state index in [0.29, 0.717) is 0 Å². The number of alkyl halides is 3. The largest absolute Gasteiger partial charge is 0.444 e. The molecule has 0 unspecified atom stereocenters. The Morgan fingerprint density at radius 2 is 1.79 bits per heavy atom. The molecule has 0 amide bonds. The Labute approximate surface area is 88.2 Å². The summed E-state index contributed by atoms with van der Waals surface area (Å²) in [6, 6.07) is 5.88. The minimum absolute atomic E-state index is 0.00325. The molecule has 76 valence electrons. The highest BCUT2D eigenvalue weighted by molar-refractivity contribution is 6.67. The fourth-order valence-electron chi connectivity index (χ4n) is 0.712. The van der Waals surface area contributed by atoms with Gasteiger partial charge < -0.3 is 0 Å². The minimum atomic E-state index is -4.64. The molecule has 0 spiro atoms. The van der Waals surface area contributed by atoms with E-state index in [1.54, 1.807) is 6.07 Å². The van der Waals surface area contributed by atoms with Gasteiger partial charge in [0.15, 0.2) is 0 Å². The number of aliphatic imine (C=N–C) groups is 1. The third-order valence-electron chi connectivity index (χ3n) is 1.30. The molecule has 1 aromatic carbocycles. The van der Waals surface area contributed by atoms with Gasteiger partial charge in [-0.05, 0) is 12.1 Å². The number of rotatable bonds is 1. The lowest BCUT2D eigenvalue weighted by Crippen LogP contribution is -2.16. The maximum absolute atomic E-state index is 12.0. The second kappa shape index (κ2) is 4.19. The van der Waals surface area contributed by atoms with Gasteiger partial charge in [0.05, 0.1) is 10.7 Å². The first-order chi connectivity index (χ1) is 6.41. The van der Waals surface area contributed by atoms with E-state index < -0.39 is 11.3 Å². The van der Waals surface area contributed by atoms with Crippen LogP contribution < -0.4 is 0 Å². The van der Waals surface area contributed by atoms with Crippen LogP contribution in [-0.2, 0) is 0 Å². The molecule has 0 aliphatic rings. The summed E-state index contributed by atoms with van der Waals surface area (Å²) in [6.45, 7) is 0. The molecule has 0 aliphatic carbocycles. The van der Waals surface area contributed by atoms with E-state index >= 15 is 0 Å². The Bertz CT molecular complexity index is 360. The number of hydrogen-bond donors (Lipinski definition) is 0. The molecule has 0 bridgehead atoms. The number of para-hydroxylation sites is 1. The fourth-order valence-corrected chi connectivity index (χ4v) is 0.981. The summed E-state index contributed by atoms with van der Waals surface area (Å²) < 4.78 is 35.9. The van der Waals surface area contributed by atoms with Gasteiger partial charge in [-0.1, -0.05) is 35.3 Å². The zero-order valence-electron chi connectivity index (χ0n) is 6.65. The SMILES string of the molecule is FC(F)(F)/C(Cl)=N\c1ccccc1Cl. The van der Waals surface area contributed by atoms with Crippen molar-refractivity contribution in [1.82, 2.24) is 0 Å². The number of halogens is 5. The highest BCUT2D eigenvalue weighted by Gasteiger charge is 2.34. The molecule has 0 atom stereocenters. The van der Waals surface area contributed by atoms with Crippen molar-refractivity contribution < 1.29 is 13.2 Å². The lowest BCUT2D eigenvalue weighted by Gasteiger charge is -2.03. The average molecular weight is 242 g/mol. The molecule has 0 radical (unpaired) electrons. The van der Waals surface area contributed by atoms with Gasteiger partial charge in [-0.3, -0.25) is 0 Å². The third-order valence-corrected chi connectivity index (χ3v) is 1.92. The Balaban J connectivity index is 3.04. The van der Waals surface area contributed by atoms with Gasteiger partial charge in [-0.2, -0.15) is 13.2 Å². The molecule has 0 aliphatic heterocycles. The molecule has 0 saturated heterocycles. The highest BCUT2D eigenvalue weighted by atomic mass is 35.5. The molecule has 0 heterocycles. The van der Waals surface area contributed by atoms with Crippen molar-refractivity contribution in [1.29, 1.82) is 0 Å². The van der Waals surface area contributed by atoms with Gasteiger partial charge in [-0.15, -0.1) is 0 Å². The molecular formula is C8H4Cl2F3N. The van der Waals surface area contributed by atoms with Gasteiger partial charge in [-0.25, -0.2) is 4.99 Å². The van der Waals surface area contributed by atoms with Crippen LogP contribution in [0.2, 0.25) is 5.02 Å². The summed E-state index contributed by atoms with van der Waals surface area (Å²) in [5.74, 6) is 0. The molecule has 0 N–H and O–H groups in total. The predicted molar refractivity (Wildman–Crippen MR) is 50.5 cm³/mol. The van der Waals surface area contributed by atoms with Gasteiger partial charge in [0.2, 0.25) is 5.17 Å². The first-order valence-corrected chi connectivity index (χ1v) is 4.23. The van der Waals surface area contributed by atoms with E-state index in [1.165, 1.54) is 18.2 Å². The summed E-state index contributed by atoms with van der Waals surface area (Å²) in [6.07, 6.45) is -4.64. The summed E-state index contributed by atoms with van der Waals surface area (Å²) in [4.78, 5) is 3.15. The first-order valence-electron chi connectivity index (χ1n) is 3.47. The standard InChI is InChI=1S/C8H4Cl2F3N/c9-5-3-1-2-4-6(5)14-7(10)8(11,12)13/h1-4H/b14-7+. The van der Waals surface area contributed by atoms with Crippen molar-refractivity contribution >= 4 is 34.1 Å². The summed E-state index contributed by atoms with van der Waals surface area (Å²) in [5, 5.41) is -1.32. The predicted octanol–water partition coefficient (Wildman–Crippen LogP) is 4.17. The van der Waals surface area contributed by atoms with Crippen molar-refractivity contribution in [2.75, 3.05) is 0 Å². The second-order valence-electron chi connectivity index (χ2n) is 2.35. The van der Waals surface area contributed by atoms with Crippen LogP contribution in [0.1, 0.15) is 0 Å². The summed E-state index contributed by atoms with van der Waals surface area (Å²) >= 11 is 10.5. The van der Waals surface area contributed by atoms with Crippen LogP contribution in [0.5, 0.6) is 0 Å². The quantitative estimate of drug-likeness (QED) is 0.655. The highest BCUT2D eigenvalue weighted by Crippen LogP contribution is 2.28. The minimum Gasteiger partial charge on any atom is -0.231 e. The van der Waals surface area contributed by atoms with Gasteiger partial charge in [0, 0.05) is 0 Å². The van der Waals surface area contributed by atoms with E-state index in [-0.39, 0.29) is 10.7 Å². The van der Waals surface area contributed by atoms with E-state index in [9.17, 15) is 13.2 Å². The normalized spacial score (nSPS) is 13.1. The van der Waals surface area contributed by atoms with E-state index in [2.05, 4.69) is 4.99 Å². The van der Waals surface area contributed by atoms with Crippen molar-refractivity contribution in [3.05, 3.63) is 29.3 Å². The van der Waals surface area contributed by atoms with Crippen molar-refractivity contribution in [2.24, 2.45) is 4.99 Å². The monoisotopic (exact) mass is 241 g/mol. The molecule has 6 heteroatoms. The lowest BCUT2D eigenvalue weighted by molar-refractivity contribution is -0.0558. The molecule has 0 fully saturated rings. The Morgan fingerprint density at radius 1 is 1.21 bits per heavy atom.